The number of carbonyl (C=O) groups excluding carboxylic acids is 1. The van der Waals surface area contributed by atoms with Crippen molar-refractivity contribution in [1.82, 2.24) is 14.9 Å². The van der Waals surface area contributed by atoms with Crippen LogP contribution < -0.4 is 5.32 Å². The van der Waals surface area contributed by atoms with E-state index < -0.39 is 0 Å². The third kappa shape index (κ3) is 4.35. The number of nitrogens with one attached hydrogen (secondary N) is 1. The molecule has 1 heterocycles. The van der Waals surface area contributed by atoms with Crippen LogP contribution in [-0.4, -0.2) is 15.5 Å². The van der Waals surface area contributed by atoms with Crippen LogP contribution in [0.25, 0.3) is 0 Å². The molecule has 4 heteroatoms. The second kappa shape index (κ2) is 7.79. The molecule has 0 fully saturated rings. The van der Waals surface area contributed by atoms with E-state index in [4.69, 9.17) is 0 Å². The number of imidazole rings is 1. The van der Waals surface area contributed by atoms with Crippen LogP contribution in [0.5, 0.6) is 0 Å². The predicted octanol–water partition coefficient (Wildman–Crippen LogP) is 3.98. The van der Waals surface area contributed by atoms with Gasteiger partial charge < -0.3 is 9.88 Å². The Morgan fingerprint density at radius 2 is 1.76 bits per heavy atom. The van der Waals surface area contributed by atoms with Crippen LogP contribution in [0.1, 0.15) is 46.9 Å². The molecule has 0 unspecified atom stereocenters. The Hall–Kier alpha value is -2.88. The maximum atomic E-state index is 12.5. The fourth-order valence-corrected chi connectivity index (χ4v) is 2.76. The van der Waals surface area contributed by atoms with Crippen molar-refractivity contribution in [2.45, 2.75) is 32.9 Å². The molecule has 3 aromatic rings. The minimum Gasteiger partial charge on any atom is -0.346 e. The van der Waals surface area contributed by atoms with Crippen LogP contribution in [0.2, 0.25) is 0 Å². The van der Waals surface area contributed by atoms with Crippen molar-refractivity contribution < 1.29 is 4.79 Å². The number of hydrogen-bond donors (Lipinski definition) is 1. The van der Waals surface area contributed by atoms with E-state index >= 15 is 0 Å². The molecule has 0 aliphatic heterocycles. The minimum absolute atomic E-state index is 0.0240. The van der Waals surface area contributed by atoms with Gasteiger partial charge in [-0.2, -0.15) is 0 Å². The Morgan fingerprint density at radius 3 is 2.36 bits per heavy atom. The molecule has 1 atom stereocenters. The lowest BCUT2D eigenvalue weighted by molar-refractivity contribution is 0.0940. The highest BCUT2D eigenvalue weighted by Crippen LogP contribution is 2.15. The normalized spacial score (nSPS) is 11.9. The molecule has 1 aromatic heterocycles. The summed E-state index contributed by atoms with van der Waals surface area (Å²) in [4.78, 5) is 16.5. The summed E-state index contributed by atoms with van der Waals surface area (Å²) in [6.45, 7) is 4.89. The highest BCUT2D eigenvalue weighted by atomic mass is 16.1. The molecule has 128 valence electrons. The molecule has 25 heavy (non-hydrogen) atoms. The van der Waals surface area contributed by atoms with E-state index in [0.717, 1.165) is 24.1 Å². The molecule has 0 bridgehead atoms. The molecular weight excluding hydrogens is 310 g/mol. The summed E-state index contributed by atoms with van der Waals surface area (Å²) in [5, 5.41) is 3.06. The van der Waals surface area contributed by atoms with Gasteiger partial charge in [0.2, 0.25) is 0 Å². The van der Waals surface area contributed by atoms with Crippen LogP contribution in [0.3, 0.4) is 0 Å². The summed E-state index contributed by atoms with van der Waals surface area (Å²) >= 11 is 0. The van der Waals surface area contributed by atoms with E-state index in [1.54, 1.807) is 12.5 Å². The maximum absolute atomic E-state index is 12.5. The predicted molar refractivity (Wildman–Crippen MR) is 99.5 cm³/mol. The molecule has 0 aliphatic rings. The first-order chi connectivity index (χ1) is 12.2. The fraction of sp³-hybridized carbons (Fsp3) is 0.238. The summed E-state index contributed by atoms with van der Waals surface area (Å²) in [6, 6.07) is 16.1. The maximum Gasteiger partial charge on any atom is 0.251 e. The second-order valence-electron chi connectivity index (χ2n) is 6.22. The fourth-order valence-electron chi connectivity index (χ4n) is 2.76. The van der Waals surface area contributed by atoms with Crippen LogP contribution in [0.4, 0.5) is 0 Å². The lowest BCUT2D eigenvalue weighted by Gasteiger charge is -2.15. The van der Waals surface area contributed by atoms with E-state index in [9.17, 15) is 4.79 Å². The van der Waals surface area contributed by atoms with Gasteiger partial charge in [-0.3, -0.25) is 4.79 Å². The van der Waals surface area contributed by atoms with E-state index in [2.05, 4.69) is 41.5 Å². The van der Waals surface area contributed by atoms with Crippen molar-refractivity contribution >= 4 is 5.91 Å². The van der Waals surface area contributed by atoms with Gasteiger partial charge in [0.15, 0.2) is 0 Å². The van der Waals surface area contributed by atoms with Crippen LogP contribution >= 0.6 is 0 Å². The Balaban J connectivity index is 1.61. The van der Waals surface area contributed by atoms with Crippen LogP contribution in [0.15, 0.2) is 67.3 Å². The van der Waals surface area contributed by atoms with E-state index in [1.165, 1.54) is 5.56 Å². The molecular formula is C21H23N3O. The average molecular weight is 333 g/mol. The SMILES string of the molecule is CCc1ccc([C@@H](C)NC(=O)c2ccc(Cn3ccnc3)cc2)cc1. The van der Waals surface area contributed by atoms with Gasteiger partial charge in [-0.25, -0.2) is 4.98 Å². The molecule has 0 aliphatic carbocycles. The zero-order chi connectivity index (χ0) is 17.6. The molecule has 0 radical (unpaired) electrons. The lowest BCUT2D eigenvalue weighted by Crippen LogP contribution is -2.26. The molecule has 4 nitrogen and oxygen atoms in total. The van der Waals surface area contributed by atoms with Crippen molar-refractivity contribution in [3.8, 4) is 0 Å². The number of amides is 1. The number of benzene rings is 2. The Morgan fingerprint density at radius 1 is 1.08 bits per heavy atom. The van der Waals surface area contributed by atoms with Gasteiger partial charge in [-0.1, -0.05) is 43.3 Å². The number of nitrogens with zero attached hydrogens (tertiary/aromatic N) is 2. The van der Waals surface area contributed by atoms with E-state index in [-0.39, 0.29) is 11.9 Å². The molecule has 0 saturated carbocycles. The van der Waals surface area contributed by atoms with Gasteiger partial charge in [-0.05, 0) is 42.2 Å². The topological polar surface area (TPSA) is 46.9 Å². The number of aryl methyl sites for hydroxylation is 1. The Labute approximate surface area is 148 Å². The summed E-state index contributed by atoms with van der Waals surface area (Å²) in [5.41, 5.74) is 4.22. The molecule has 1 N–H and O–H groups in total. The summed E-state index contributed by atoms with van der Waals surface area (Å²) in [5.74, 6) is -0.0544. The largest absolute Gasteiger partial charge is 0.346 e. The lowest BCUT2D eigenvalue weighted by atomic mass is 10.0. The standard InChI is InChI=1S/C21H23N3O/c1-3-17-4-8-19(9-5-17)16(2)23-21(25)20-10-6-18(7-11-20)14-24-13-12-22-15-24/h4-13,15-16H,3,14H2,1-2H3,(H,23,25)/t16-/m1/s1. The van der Waals surface area contributed by atoms with E-state index in [0.29, 0.717) is 5.56 Å². The molecule has 2 aromatic carbocycles. The van der Waals surface area contributed by atoms with E-state index in [1.807, 2.05) is 42.0 Å². The zero-order valence-electron chi connectivity index (χ0n) is 14.6. The quantitative estimate of drug-likeness (QED) is 0.741. The molecule has 0 saturated heterocycles. The third-order valence-electron chi connectivity index (χ3n) is 4.38. The second-order valence-corrected chi connectivity index (χ2v) is 6.22. The summed E-state index contributed by atoms with van der Waals surface area (Å²) in [7, 11) is 0. The Kier molecular flexibility index (Phi) is 5.29. The van der Waals surface area contributed by atoms with Gasteiger partial charge in [0.25, 0.3) is 5.91 Å². The number of hydrogen-bond acceptors (Lipinski definition) is 2. The molecule has 3 rings (SSSR count). The zero-order valence-corrected chi connectivity index (χ0v) is 14.6. The van der Waals surface area contributed by atoms with Crippen molar-refractivity contribution in [2.24, 2.45) is 0 Å². The third-order valence-corrected chi connectivity index (χ3v) is 4.38. The van der Waals surface area contributed by atoms with Gasteiger partial charge in [-0.15, -0.1) is 0 Å². The van der Waals surface area contributed by atoms with Gasteiger partial charge in [0.05, 0.1) is 12.4 Å². The Bertz CT molecular complexity index is 805. The van der Waals surface area contributed by atoms with Crippen LogP contribution in [0, 0.1) is 0 Å². The molecule has 1 amide bonds. The van der Waals surface area contributed by atoms with Crippen LogP contribution in [-0.2, 0) is 13.0 Å². The highest BCUT2D eigenvalue weighted by Gasteiger charge is 2.11. The highest BCUT2D eigenvalue weighted by molar-refractivity contribution is 5.94. The number of carbonyl (C=O) groups is 1. The van der Waals surface area contributed by atoms with Crippen molar-refractivity contribution in [3.05, 3.63) is 89.5 Å². The van der Waals surface area contributed by atoms with Gasteiger partial charge >= 0.3 is 0 Å². The van der Waals surface area contributed by atoms with Crippen molar-refractivity contribution in [1.29, 1.82) is 0 Å². The monoisotopic (exact) mass is 333 g/mol. The van der Waals surface area contributed by atoms with Crippen molar-refractivity contribution in [2.75, 3.05) is 0 Å². The number of aromatic nitrogens is 2. The first-order valence-corrected chi connectivity index (χ1v) is 8.60. The van der Waals surface area contributed by atoms with Crippen molar-refractivity contribution in [3.63, 3.8) is 0 Å². The first-order valence-electron chi connectivity index (χ1n) is 8.60. The van der Waals surface area contributed by atoms with Gasteiger partial charge in [0.1, 0.15) is 0 Å². The first kappa shape index (κ1) is 17.0. The minimum atomic E-state index is -0.0544. The number of rotatable bonds is 6. The summed E-state index contributed by atoms with van der Waals surface area (Å²) in [6.07, 6.45) is 6.49. The smallest absolute Gasteiger partial charge is 0.251 e. The summed E-state index contributed by atoms with van der Waals surface area (Å²) < 4.78 is 2.00. The average Bonchev–Trinajstić information content (AvgIpc) is 3.15. The van der Waals surface area contributed by atoms with Gasteiger partial charge in [0, 0.05) is 24.5 Å². The molecule has 0 spiro atoms.